The van der Waals surface area contributed by atoms with Gasteiger partial charge in [-0.1, -0.05) is 18.2 Å². The molecule has 1 amide bonds. The Kier molecular flexibility index (Phi) is 6.07. The van der Waals surface area contributed by atoms with Crippen molar-refractivity contribution in [3.05, 3.63) is 30.3 Å². The fourth-order valence-electron chi connectivity index (χ4n) is 2.32. The predicted octanol–water partition coefficient (Wildman–Crippen LogP) is 1.40. The van der Waals surface area contributed by atoms with Crippen molar-refractivity contribution in [1.82, 2.24) is 9.80 Å². The van der Waals surface area contributed by atoms with Crippen LogP contribution in [0.4, 0.5) is 0 Å². The highest BCUT2D eigenvalue weighted by molar-refractivity contribution is 8.00. The van der Waals surface area contributed by atoms with Gasteiger partial charge in [0.25, 0.3) is 0 Å². The number of carbonyl (C=O) groups excluding carboxylic acids is 1. The molecule has 5 nitrogen and oxygen atoms in total. The lowest BCUT2D eigenvalue weighted by Crippen LogP contribution is -2.37. The summed E-state index contributed by atoms with van der Waals surface area (Å²) in [5.74, 6) is -0.251. The first-order valence-electron chi connectivity index (χ1n) is 7.05. The third-order valence-electron chi connectivity index (χ3n) is 3.41. The van der Waals surface area contributed by atoms with Crippen molar-refractivity contribution in [3.8, 4) is 0 Å². The number of amides is 1. The highest BCUT2D eigenvalue weighted by Gasteiger charge is 2.20. The fraction of sp³-hybridized carbons (Fsp3) is 0.467. The van der Waals surface area contributed by atoms with Crippen LogP contribution in [0.3, 0.4) is 0 Å². The Balaban J connectivity index is 1.79. The molecule has 1 fully saturated rings. The van der Waals surface area contributed by atoms with Crippen LogP contribution in [0.1, 0.15) is 6.42 Å². The molecule has 21 heavy (non-hydrogen) atoms. The summed E-state index contributed by atoms with van der Waals surface area (Å²) in [5.41, 5.74) is 0. The number of rotatable bonds is 5. The van der Waals surface area contributed by atoms with Gasteiger partial charge in [-0.3, -0.25) is 14.5 Å². The number of thioether (sulfide) groups is 1. The number of carboxylic acids is 1. The summed E-state index contributed by atoms with van der Waals surface area (Å²) in [6.45, 7) is 2.75. The first-order chi connectivity index (χ1) is 10.1. The zero-order valence-corrected chi connectivity index (χ0v) is 12.7. The molecule has 0 aromatic heterocycles. The first-order valence-corrected chi connectivity index (χ1v) is 8.03. The molecule has 1 aliphatic rings. The van der Waals surface area contributed by atoms with Crippen LogP contribution in [0, 0.1) is 0 Å². The van der Waals surface area contributed by atoms with E-state index in [2.05, 4.69) is 0 Å². The molecule has 0 unspecified atom stereocenters. The minimum Gasteiger partial charge on any atom is -0.480 e. The number of carbonyl (C=O) groups is 2. The maximum absolute atomic E-state index is 12.2. The summed E-state index contributed by atoms with van der Waals surface area (Å²) in [5, 5.41) is 8.82. The van der Waals surface area contributed by atoms with E-state index in [0.29, 0.717) is 25.4 Å². The van der Waals surface area contributed by atoms with Crippen LogP contribution in [-0.2, 0) is 9.59 Å². The predicted molar refractivity (Wildman–Crippen MR) is 82.4 cm³/mol. The van der Waals surface area contributed by atoms with Gasteiger partial charge in [0.1, 0.15) is 0 Å². The average Bonchev–Trinajstić information content (AvgIpc) is 2.71. The van der Waals surface area contributed by atoms with E-state index in [0.717, 1.165) is 17.9 Å². The molecule has 1 aromatic rings. The molecule has 0 spiro atoms. The molecular formula is C15H20N2O3S. The molecule has 1 N–H and O–H groups in total. The number of nitrogens with zero attached hydrogens (tertiary/aromatic N) is 2. The molecule has 0 saturated carbocycles. The zero-order valence-electron chi connectivity index (χ0n) is 11.9. The maximum Gasteiger partial charge on any atom is 0.317 e. The quantitative estimate of drug-likeness (QED) is 0.833. The van der Waals surface area contributed by atoms with E-state index in [9.17, 15) is 9.59 Å². The molecule has 1 heterocycles. The zero-order chi connectivity index (χ0) is 15.1. The van der Waals surface area contributed by atoms with Gasteiger partial charge in [-0.2, -0.15) is 0 Å². The van der Waals surface area contributed by atoms with Crippen LogP contribution in [0.25, 0.3) is 0 Å². The lowest BCUT2D eigenvalue weighted by atomic mass is 10.4. The number of hydrogen-bond donors (Lipinski definition) is 1. The molecule has 0 atom stereocenters. The Bertz CT molecular complexity index is 481. The Morgan fingerprint density at radius 3 is 2.57 bits per heavy atom. The molecule has 1 saturated heterocycles. The van der Waals surface area contributed by atoms with Gasteiger partial charge in [0.2, 0.25) is 5.91 Å². The van der Waals surface area contributed by atoms with Gasteiger partial charge >= 0.3 is 5.97 Å². The lowest BCUT2D eigenvalue weighted by molar-refractivity contribution is -0.138. The highest BCUT2D eigenvalue weighted by atomic mass is 32.2. The largest absolute Gasteiger partial charge is 0.480 e. The van der Waals surface area contributed by atoms with Crippen LogP contribution in [0.2, 0.25) is 0 Å². The van der Waals surface area contributed by atoms with Crippen molar-refractivity contribution in [1.29, 1.82) is 0 Å². The third kappa shape index (κ3) is 5.40. The second-order valence-electron chi connectivity index (χ2n) is 5.01. The van der Waals surface area contributed by atoms with Gasteiger partial charge in [-0.05, 0) is 18.6 Å². The number of benzene rings is 1. The summed E-state index contributed by atoms with van der Waals surface area (Å²) < 4.78 is 0. The van der Waals surface area contributed by atoms with Gasteiger partial charge in [0.15, 0.2) is 0 Å². The highest BCUT2D eigenvalue weighted by Crippen LogP contribution is 2.17. The smallest absolute Gasteiger partial charge is 0.317 e. The summed E-state index contributed by atoms with van der Waals surface area (Å²) in [7, 11) is 0. The van der Waals surface area contributed by atoms with Crippen molar-refractivity contribution >= 4 is 23.6 Å². The summed E-state index contributed by atoms with van der Waals surface area (Å²) >= 11 is 1.54. The lowest BCUT2D eigenvalue weighted by Gasteiger charge is -2.21. The Morgan fingerprint density at radius 1 is 1.10 bits per heavy atom. The van der Waals surface area contributed by atoms with Crippen LogP contribution < -0.4 is 0 Å². The Hall–Kier alpha value is -1.53. The monoisotopic (exact) mass is 308 g/mol. The van der Waals surface area contributed by atoms with E-state index >= 15 is 0 Å². The van der Waals surface area contributed by atoms with Crippen LogP contribution in [0.5, 0.6) is 0 Å². The number of hydrogen-bond acceptors (Lipinski definition) is 4. The second-order valence-corrected chi connectivity index (χ2v) is 6.05. The Morgan fingerprint density at radius 2 is 1.86 bits per heavy atom. The molecule has 1 aromatic carbocycles. The second kappa shape index (κ2) is 8.05. The van der Waals surface area contributed by atoms with Crippen LogP contribution in [0.15, 0.2) is 35.2 Å². The van der Waals surface area contributed by atoms with E-state index in [1.54, 1.807) is 11.8 Å². The van der Waals surface area contributed by atoms with Gasteiger partial charge in [0, 0.05) is 31.1 Å². The van der Waals surface area contributed by atoms with E-state index in [-0.39, 0.29) is 12.5 Å². The van der Waals surface area contributed by atoms with Gasteiger partial charge in [-0.15, -0.1) is 11.8 Å². The molecule has 0 aliphatic carbocycles. The molecule has 1 aliphatic heterocycles. The fourth-order valence-corrected chi connectivity index (χ4v) is 3.15. The topological polar surface area (TPSA) is 60.9 Å². The van der Waals surface area contributed by atoms with Gasteiger partial charge < -0.3 is 10.0 Å². The Labute approximate surface area is 128 Å². The molecule has 0 radical (unpaired) electrons. The van der Waals surface area contributed by atoms with E-state index in [4.69, 9.17) is 5.11 Å². The minimum atomic E-state index is -0.811. The average molecular weight is 308 g/mol. The van der Waals surface area contributed by atoms with Crippen molar-refractivity contribution in [3.63, 3.8) is 0 Å². The van der Waals surface area contributed by atoms with Crippen molar-refractivity contribution < 1.29 is 14.7 Å². The maximum atomic E-state index is 12.2. The third-order valence-corrected chi connectivity index (χ3v) is 4.40. The summed E-state index contributed by atoms with van der Waals surface area (Å²) in [6.07, 6.45) is 0.828. The van der Waals surface area contributed by atoms with Crippen LogP contribution >= 0.6 is 11.8 Å². The summed E-state index contributed by atoms with van der Waals surface area (Å²) in [6, 6.07) is 9.87. The van der Waals surface area contributed by atoms with Crippen molar-refractivity contribution in [2.24, 2.45) is 0 Å². The molecule has 114 valence electrons. The summed E-state index contributed by atoms with van der Waals surface area (Å²) in [4.78, 5) is 27.8. The first kappa shape index (κ1) is 15.9. The number of aliphatic carboxylic acids is 1. The molecule has 0 bridgehead atoms. The van der Waals surface area contributed by atoms with E-state index in [1.165, 1.54) is 0 Å². The van der Waals surface area contributed by atoms with Crippen LogP contribution in [-0.4, -0.2) is 65.3 Å². The standard InChI is InChI=1S/C15H20N2O3S/c18-14(12-21-13-5-2-1-3-6-13)17-8-4-7-16(9-10-17)11-15(19)20/h1-3,5-6H,4,7-12H2,(H,19,20). The molecule has 2 rings (SSSR count). The SMILES string of the molecule is O=C(O)CN1CCCN(C(=O)CSc2ccccc2)CC1. The molecular weight excluding hydrogens is 288 g/mol. The van der Waals surface area contributed by atoms with Gasteiger partial charge in [0.05, 0.1) is 12.3 Å². The van der Waals surface area contributed by atoms with Crippen molar-refractivity contribution in [2.75, 3.05) is 38.5 Å². The number of carboxylic acid groups (broad SMARTS) is 1. The van der Waals surface area contributed by atoms with Crippen molar-refractivity contribution in [2.45, 2.75) is 11.3 Å². The minimum absolute atomic E-state index is 0.0563. The molecule has 6 heteroatoms. The van der Waals surface area contributed by atoms with Gasteiger partial charge in [-0.25, -0.2) is 0 Å². The van der Waals surface area contributed by atoms with E-state index < -0.39 is 5.97 Å². The normalized spacial score (nSPS) is 16.5. The van der Waals surface area contributed by atoms with E-state index in [1.807, 2.05) is 40.1 Å².